The summed E-state index contributed by atoms with van der Waals surface area (Å²) < 4.78 is 11.2. The molecule has 4 nitrogen and oxygen atoms in total. The van der Waals surface area contributed by atoms with E-state index in [0.29, 0.717) is 13.0 Å². The standard InChI is InChI=1S/C19H29NO3/c1-5-11-23-18-9-10-19(21,16(13-18)14-20(2)3)15-7-6-8-17(12-15)22-4/h5-8,12,16,18,21H,1,9-11,13-14H2,2-4H3. The molecule has 1 N–H and O–H groups in total. The Bertz CT molecular complexity index is 517. The number of hydrogen-bond acceptors (Lipinski definition) is 4. The molecule has 0 radical (unpaired) electrons. The lowest BCUT2D eigenvalue weighted by Crippen LogP contribution is -2.46. The molecule has 0 spiro atoms. The molecule has 1 aliphatic rings. The van der Waals surface area contributed by atoms with Crippen LogP contribution in [-0.2, 0) is 10.3 Å². The molecule has 1 fully saturated rings. The summed E-state index contributed by atoms with van der Waals surface area (Å²) in [6, 6.07) is 7.80. The molecular formula is C19H29NO3. The highest BCUT2D eigenvalue weighted by Crippen LogP contribution is 2.43. The maximum Gasteiger partial charge on any atom is 0.119 e. The fourth-order valence-electron chi connectivity index (χ4n) is 3.51. The third kappa shape index (κ3) is 4.34. The van der Waals surface area contributed by atoms with Gasteiger partial charge in [-0.3, -0.25) is 0 Å². The van der Waals surface area contributed by atoms with Gasteiger partial charge in [0.15, 0.2) is 0 Å². The van der Waals surface area contributed by atoms with Crippen LogP contribution in [0.2, 0.25) is 0 Å². The minimum Gasteiger partial charge on any atom is -0.497 e. The van der Waals surface area contributed by atoms with Gasteiger partial charge >= 0.3 is 0 Å². The van der Waals surface area contributed by atoms with Gasteiger partial charge in [0.05, 0.1) is 25.4 Å². The summed E-state index contributed by atoms with van der Waals surface area (Å²) in [6.07, 6.45) is 4.36. The van der Waals surface area contributed by atoms with Crippen LogP contribution in [-0.4, -0.2) is 50.5 Å². The zero-order valence-electron chi connectivity index (χ0n) is 14.5. The Morgan fingerprint density at radius 2 is 2.22 bits per heavy atom. The molecule has 3 atom stereocenters. The number of benzene rings is 1. The van der Waals surface area contributed by atoms with E-state index in [1.807, 2.05) is 38.4 Å². The van der Waals surface area contributed by atoms with Gasteiger partial charge in [-0.05, 0) is 51.1 Å². The molecule has 0 aromatic heterocycles. The molecule has 0 saturated heterocycles. The van der Waals surface area contributed by atoms with Gasteiger partial charge in [0.25, 0.3) is 0 Å². The van der Waals surface area contributed by atoms with Crippen molar-refractivity contribution in [3.8, 4) is 5.75 Å². The minimum atomic E-state index is -0.840. The van der Waals surface area contributed by atoms with Crippen molar-refractivity contribution in [2.24, 2.45) is 5.92 Å². The Hall–Kier alpha value is -1.36. The van der Waals surface area contributed by atoms with E-state index in [9.17, 15) is 5.11 Å². The van der Waals surface area contributed by atoms with E-state index in [-0.39, 0.29) is 12.0 Å². The van der Waals surface area contributed by atoms with E-state index in [2.05, 4.69) is 11.5 Å². The summed E-state index contributed by atoms with van der Waals surface area (Å²) in [6.45, 7) is 5.10. The quantitative estimate of drug-likeness (QED) is 0.785. The highest BCUT2D eigenvalue weighted by Gasteiger charge is 2.43. The second kappa shape index (κ2) is 7.95. The fourth-order valence-corrected chi connectivity index (χ4v) is 3.51. The topological polar surface area (TPSA) is 41.9 Å². The molecular weight excluding hydrogens is 290 g/mol. The molecule has 23 heavy (non-hydrogen) atoms. The third-order valence-corrected chi connectivity index (χ3v) is 4.68. The molecule has 0 heterocycles. The van der Waals surface area contributed by atoms with Gasteiger partial charge in [-0.1, -0.05) is 18.2 Å². The van der Waals surface area contributed by atoms with Crippen LogP contribution in [0.4, 0.5) is 0 Å². The molecule has 1 aliphatic carbocycles. The predicted octanol–water partition coefficient (Wildman–Crippen LogP) is 2.82. The van der Waals surface area contributed by atoms with Gasteiger partial charge in [-0.2, -0.15) is 0 Å². The average molecular weight is 319 g/mol. The molecule has 0 bridgehead atoms. The molecule has 128 valence electrons. The summed E-state index contributed by atoms with van der Waals surface area (Å²) in [5.41, 5.74) is 0.0956. The molecule has 4 heteroatoms. The number of methoxy groups -OCH3 is 1. The summed E-state index contributed by atoms with van der Waals surface area (Å²) in [5.74, 6) is 0.901. The van der Waals surface area contributed by atoms with Crippen molar-refractivity contribution in [3.05, 3.63) is 42.5 Å². The molecule has 1 aromatic carbocycles. The highest BCUT2D eigenvalue weighted by molar-refractivity contribution is 5.33. The third-order valence-electron chi connectivity index (χ3n) is 4.68. The van der Waals surface area contributed by atoms with Gasteiger partial charge in [0.2, 0.25) is 0 Å². The van der Waals surface area contributed by atoms with E-state index in [4.69, 9.17) is 9.47 Å². The Morgan fingerprint density at radius 1 is 1.43 bits per heavy atom. The van der Waals surface area contributed by atoms with Crippen LogP contribution in [0.25, 0.3) is 0 Å². The first kappa shape index (κ1) is 18.0. The first-order valence-electron chi connectivity index (χ1n) is 8.23. The first-order chi connectivity index (χ1) is 11.0. The van der Waals surface area contributed by atoms with Crippen LogP contribution in [0, 0.1) is 5.92 Å². The van der Waals surface area contributed by atoms with Gasteiger partial charge in [0.1, 0.15) is 5.75 Å². The van der Waals surface area contributed by atoms with Crippen molar-refractivity contribution >= 4 is 0 Å². The number of nitrogens with zero attached hydrogens (tertiary/aromatic N) is 1. The highest BCUT2D eigenvalue weighted by atomic mass is 16.5. The summed E-state index contributed by atoms with van der Waals surface area (Å²) in [4.78, 5) is 2.13. The number of ether oxygens (including phenoxy) is 2. The Morgan fingerprint density at radius 3 is 2.87 bits per heavy atom. The van der Waals surface area contributed by atoms with E-state index < -0.39 is 5.60 Å². The second-order valence-electron chi connectivity index (χ2n) is 6.63. The zero-order chi connectivity index (χ0) is 16.9. The van der Waals surface area contributed by atoms with Crippen LogP contribution in [0.5, 0.6) is 5.75 Å². The van der Waals surface area contributed by atoms with E-state index in [1.165, 1.54) is 0 Å². The second-order valence-corrected chi connectivity index (χ2v) is 6.63. The van der Waals surface area contributed by atoms with Crippen molar-refractivity contribution in [3.63, 3.8) is 0 Å². The van der Waals surface area contributed by atoms with Gasteiger partial charge < -0.3 is 19.5 Å². The Labute approximate surface area is 139 Å². The van der Waals surface area contributed by atoms with E-state index in [1.54, 1.807) is 13.2 Å². The SMILES string of the molecule is C=CCOC1CCC(O)(c2cccc(OC)c2)C(CN(C)C)C1. The molecule has 0 amide bonds. The summed E-state index contributed by atoms with van der Waals surface area (Å²) >= 11 is 0. The van der Waals surface area contributed by atoms with Crippen LogP contribution in [0.1, 0.15) is 24.8 Å². The summed E-state index contributed by atoms with van der Waals surface area (Å²) in [5, 5.41) is 11.5. The van der Waals surface area contributed by atoms with Crippen LogP contribution in [0.15, 0.2) is 36.9 Å². The van der Waals surface area contributed by atoms with E-state index in [0.717, 1.165) is 30.7 Å². The molecule has 2 rings (SSSR count). The maximum absolute atomic E-state index is 11.5. The molecule has 3 unspecified atom stereocenters. The molecule has 0 aliphatic heterocycles. The smallest absolute Gasteiger partial charge is 0.119 e. The number of aliphatic hydroxyl groups is 1. The first-order valence-corrected chi connectivity index (χ1v) is 8.23. The lowest BCUT2D eigenvalue weighted by Gasteiger charge is -2.44. The van der Waals surface area contributed by atoms with Crippen molar-refractivity contribution in [1.82, 2.24) is 4.90 Å². The largest absolute Gasteiger partial charge is 0.497 e. The van der Waals surface area contributed by atoms with E-state index >= 15 is 0 Å². The molecule has 1 aromatic rings. The Kier molecular flexibility index (Phi) is 6.22. The fraction of sp³-hybridized carbons (Fsp3) is 0.579. The minimum absolute atomic E-state index is 0.119. The van der Waals surface area contributed by atoms with Gasteiger partial charge in [0, 0.05) is 12.5 Å². The van der Waals surface area contributed by atoms with Crippen LogP contribution >= 0.6 is 0 Å². The van der Waals surface area contributed by atoms with Crippen molar-refractivity contribution < 1.29 is 14.6 Å². The van der Waals surface area contributed by atoms with Crippen molar-refractivity contribution in [2.75, 3.05) is 34.4 Å². The monoisotopic (exact) mass is 319 g/mol. The lowest BCUT2D eigenvalue weighted by atomic mass is 9.70. The summed E-state index contributed by atoms with van der Waals surface area (Å²) in [7, 11) is 5.74. The number of rotatable bonds is 7. The van der Waals surface area contributed by atoms with Crippen LogP contribution in [0.3, 0.4) is 0 Å². The average Bonchev–Trinajstić information content (AvgIpc) is 2.55. The van der Waals surface area contributed by atoms with Crippen LogP contribution < -0.4 is 4.74 Å². The van der Waals surface area contributed by atoms with Gasteiger partial charge in [-0.15, -0.1) is 6.58 Å². The van der Waals surface area contributed by atoms with Gasteiger partial charge in [-0.25, -0.2) is 0 Å². The zero-order valence-corrected chi connectivity index (χ0v) is 14.5. The van der Waals surface area contributed by atoms with Crippen molar-refractivity contribution in [1.29, 1.82) is 0 Å². The number of hydrogen-bond donors (Lipinski definition) is 1. The lowest BCUT2D eigenvalue weighted by molar-refractivity contribution is -0.104. The Balaban J connectivity index is 2.24. The maximum atomic E-state index is 11.5. The van der Waals surface area contributed by atoms with Crippen molar-refractivity contribution in [2.45, 2.75) is 31.0 Å². The molecule has 1 saturated carbocycles. The normalized spacial score (nSPS) is 27.9. The predicted molar refractivity (Wildman–Crippen MR) is 92.7 cm³/mol.